The first kappa shape index (κ1) is 16.1. The van der Waals surface area contributed by atoms with Crippen LogP contribution in [0.2, 0.25) is 0 Å². The lowest BCUT2D eigenvalue weighted by atomic mass is 9.83. The van der Waals surface area contributed by atoms with Gasteiger partial charge in [0.25, 0.3) is 0 Å². The Labute approximate surface area is 136 Å². The molecule has 0 aliphatic carbocycles. The number of hydrogen-bond donors (Lipinski definition) is 2. The number of aliphatic hydroxyl groups is 1. The summed E-state index contributed by atoms with van der Waals surface area (Å²) in [5, 5.41) is 10.9. The number of nitrogens with zero attached hydrogens (tertiary/aromatic N) is 1. The molecule has 0 atom stereocenters. The van der Waals surface area contributed by atoms with Crippen molar-refractivity contribution >= 4 is 0 Å². The number of piperidine rings is 1. The standard InChI is InChI=1S/C19H23FN2O/c20-18-7-6-16(13-21)12-17(18)19(23)8-10-22(11-9-19)14-15-4-2-1-3-5-15/h1-7,12,23H,8-11,13-14,21H2. The second-order valence-corrected chi connectivity index (χ2v) is 6.31. The summed E-state index contributed by atoms with van der Waals surface area (Å²) in [6.07, 6.45) is 1.07. The van der Waals surface area contributed by atoms with Crippen molar-refractivity contribution in [2.45, 2.75) is 31.5 Å². The van der Waals surface area contributed by atoms with Crippen molar-refractivity contribution in [3.05, 3.63) is 71.0 Å². The van der Waals surface area contributed by atoms with E-state index in [1.54, 1.807) is 12.1 Å². The molecule has 2 aromatic rings. The molecule has 1 heterocycles. The second-order valence-electron chi connectivity index (χ2n) is 6.31. The van der Waals surface area contributed by atoms with Gasteiger partial charge in [-0.15, -0.1) is 0 Å². The summed E-state index contributed by atoms with van der Waals surface area (Å²) in [6.45, 7) is 2.71. The summed E-state index contributed by atoms with van der Waals surface area (Å²) in [5.74, 6) is -0.346. The van der Waals surface area contributed by atoms with Crippen molar-refractivity contribution in [1.29, 1.82) is 0 Å². The number of rotatable bonds is 4. The van der Waals surface area contributed by atoms with Crippen molar-refractivity contribution in [3.63, 3.8) is 0 Å². The smallest absolute Gasteiger partial charge is 0.129 e. The van der Waals surface area contributed by atoms with Gasteiger partial charge >= 0.3 is 0 Å². The molecule has 122 valence electrons. The van der Waals surface area contributed by atoms with E-state index in [9.17, 15) is 9.50 Å². The summed E-state index contributed by atoms with van der Waals surface area (Å²) in [6, 6.07) is 15.1. The topological polar surface area (TPSA) is 49.5 Å². The van der Waals surface area contributed by atoms with Crippen molar-refractivity contribution in [2.75, 3.05) is 13.1 Å². The lowest BCUT2D eigenvalue weighted by molar-refractivity contribution is -0.0303. The Morgan fingerprint density at radius 2 is 1.74 bits per heavy atom. The quantitative estimate of drug-likeness (QED) is 0.912. The minimum absolute atomic E-state index is 0.346. The highest BCUT2D eigenvalue weighted by Crippen LogP contribution is 2.35. The molecular weight excluding hydrogens is 291 g/mol. The molecule has 0 unspecified atom stereocenters. The van der Waals surface area contributed by atoms with Gasteiger partial charge in [0, 0.05) is 31.7 Å². The fourth-order valence-electron chi connectivity index (χ4n) is 3.25. The highest BCUT2D eigenvalue weighted by Gasteiger charge is 2.36. The van der Waals surface area contributed by atoms with Crippen LogP contribution in [0.25, 0.3) is 0 Å². The number of likely N-dealkylation sites (tertiary alicyclic amines) is 1. The molecule has 0 radical (unpaired) electrons. The number of nitrogens with two attached hydrogens (primary N) is 1. The fraction of sp³-hybridized carbons (Fsp3) is 0.368. The van der Waals surface area contributed by atoms with E-state index in [1.807, 2.05) is 18.2 Å². The zero-order chi connectivity index (χ0) is 16.3. The fourth-order valence-corrected chi connectivity index (χ4v) is 3.25. The summed E-state index contributed by atoms with van der Waals surface area (Å²) >= 11 is 0. The monoisotopic (exact) mass is 314 g/mol. The van der Waals surface area contributed by atoms with Crippen molar-refractivity contribution < 1.29 is 9.50 Å². The van der Waals surface area contributed by atoms with E-state index in [-0.39, 0.29) is 5.82 Å². The molecule has 1 fully saturated rings. The van der Waals surface area contributed by atoms with E-state index >= 15 is 0 Å². The molecule has 0 saturated carbocycles. The molecule has 1 aliphatic rings. The van der Waals surface area contributed by atoms with Gasteiger partial charge in [-0.1, -0.05) is 36.4 Å². The first-order valence-electron chi connectivity index (χ1n) is 8.08. The average Bonchev–Trinajstić information content (AvgIpc) is 2.58. The molecule has 3 nitrogen and oxygen atoms in total. The third-order valence-corrected chi connectivity index (χ3v) is 4.70. The van der Waals surface area contributed by atoms with E-state index in [1.165, 1.54) is 11.6 Å². The molecule has 1 saturated heterocycles. The Balaban J connectivity index is 1.70. The minimum atomic E-state index is -1.09. The van der Waals surface area contributed by atoms with Crippen LogP contribution in [0.4, 0.5) is 4.39 Å². The van der Waals surface area contributed by atoms with Gasteiger partial charge in [0.05, 0.1) is 5.60 Å². The number of hydrogen-bond acceptors (Lipinski definition) is 3. The largest absolute Gasteiger partial charge is 0.385 e. The second kappa shape index (κ2) is 6.79. The van der Waals surface area contributed by atoms with Crippen LogP contribution in [-0.4, -0.2) is 23.1 Å². The van der Waals surface area contributed by atoms with Crippen LogP contribution in [0.1, 0.15) is 29.5 Å². The van der Waals surface area contributed by atoms with Crippen LogP contribution in [0, 0.1) is 5.82 Å². The number of halogens is 1. The van der Waals surface area contributed by atoms with Gasteiger partial charge in [0.1, 0.15) is 5.82 Å². The summed E-state index contributed by atoms with van der Waals surface area (Å²) in [5.41, 5.74) is 7.04. The lowest BCUT2D eigenvalue weighted by Gasteiger charge is -2.38. The zero-order valence-electron chi connectivity index (χ0n) is 13.2. The van der Waals surface area contributed by atoms with Gasteiger partial charge in [0.2, 0.25) is 0 Å². The van der Waals surface area contributed by atoms with E-state index < -0.39 is 5.60 Å². The van der Waals surface area contributed by atoms with E-state index in [4.69, 9.17) is 5.73 Å². The predicted octanol–water partition coefficient (Wildman–Crippen LogP) is 2.77. The van der Waals surface area contributed by atoms with Crippen molar-refractivity contribution in [3.8, 4) is 0 Å². The Morgan fingerprint density at radius 1 is 1.04 bits per heavy atom. The molecule has 0 spiro atoms. The van der Waals surface area contributed by atoms with Gasteiger partial charge in [-0.2, -0.15) is 0 Å². The van der Waals surface area contributed by atoms with Gasteiger partial charge in [-0.3, -0.25) is 4.90 Å². The van der Waals surface area contributed by atoms with Gasteiger partial charge < -0.3 is 10.8 Å². The van der Waals surface area contributed by atoms with Gasteiger partial charge in [-0.25, -0.2) is 4.39 Å². The van der Waals surface area contributed by atoms with E-state index in [0.717, 1.165) is 25.2 Å². The number of benzene rings is 2. The lowest BCUT2D eigenvalue weighted by Crippen LogP contribution is -2.42. The molecule has 2 aromatic carbocycles. The molecule has 1 aliphatic heterocycles. The summed E-state index contributed by atoms with van der Waals surface area (Å²) in [4.78, 5) is 2.30. The Kier molecular flexibility index (Phi) is 4.76. The summed E-state index contributed by atoms with van der Waals surface area (Å²) in [7, 11) is 0. The van der Waals surface area contributed by atoms with Crippen molar-refractivity contribution in [1.82, 2.24) is 4.90 Å². The maximum Gasteiger partial charge on any atom is 0.129 e. The molecular formula is C19H23FN2O. The van der Waals surface area contributed by atoms with Crippen LogP contribution in [0.3, 0.4) is 0 Å². The molecule has 0 bridgehead atoms. The van der Waals surface area contributed by atoms with Crippen LogP contribution in [0.5, 0.6) is 0 Å². The van der Waals surface area contributed by atoms with Crippen LogP contribution in [-0.2, 0) is 18.7 Å². The molecule has 4 heteroatoms. The first-order chi connectivity index (χ1) is 11.1. The predicted molar refractivity (Wildman–Crippen MR) is 89.1 cm³/mol. The van der Waals surface area contributed by atoms with Crippen LogP contribution >= 0.6 is 0 Å². The Bertz CT molecular complexity index is 652. The average molecular weight is 314 g/mol. The van der Waals surface area contributed by atoms with E-state index in [2.05, 4.69) is 17.0 Å². The third kappa shape index (κ3) is 3.61. The summed E-state index contributed by atoms with van der Waals surface area (Å²) < 4.78 is 14.2. The van der Waals surface area contributed by atoms with Gasteiger partial charge in [-0.05, 0) is 36.1 Å². The van der Waals surface area contributed by atoms with E-state index in [0.29, 0.717) is 24.9 Å². The van der Waals surface area contributed by atoms with Crippen LogP contribution < -0.4 is 5.73 Å². The molecule has 0 amide bonds. The Morgan fingerprint density at radius 3 is 2.39 bits per heavy atom. The van der Waals surface area contributed by atoms with Gasteiger partial charge in [0.15, 0.2) is 0 Å². The maximum absolute atomic E-state index is 14.2. The highest BCUT2D eigenvalue weighted by molar-refractivity contribution is 5.30. The van der Waals surface area contributed by atoms with Crippen molar-refractivity contribution in [2.24, 2.45) is 5.73 Å². The zero-order valence-corrected chi connectivity index (χ0v) is 13.2. The minimum Gasteiger partial charge on any atom is -0.385 e. The molecule has 3 rings (SSSR count). The SMILES string of the molecule is NCc1ccc(F)c(C2(O)CCN(Cc3ccccc3)CC2)c1. The normalized spacial score (nSPS) is 18.0. The highest BCUT2D eigenvalue weighted by atomic mass is 19.1. The molecule has 3 N–H and O–H groups in total. The van der Waals surface area contributed by atoms with Crippen LogP contribution in [0.15, 0.2) is 48.5 Å². The maximum atomic E-state index is 14.2. The Hall–Kier alpha value is -1.75. The molecule has 23 heavy (non-hydrogen) atoms. The third-order valence-electron chi connectivity index (χ3n) is 4.70. The first-order valence-corrected chi connectivity index (χ1v) is 8.08. The molecule has 0 aromatic heterocycles.